The van der Waals surface area contributed by atoms with Gasteiger partial charge < -0.3 is 9.47 Å². The topological polar surface area (TPSA) is 90.4 Å². The molecule has 21 heavy (non-hydrogen) atoms. The molecule has 0 saturated carbocycles. The van der Waals surface area contributed by atoms with Gasteiger partial charge in [0.2, 0.25) is 17.7 Å². The average Bonchev–Trinajstić information content (AvgIpc) is 2.77. The van der Waals surface area contributed by atoms with E-state index in [0.29, 0.717) is 4.88 Å². The fraction of sp³-hybridized carbons (Fsp3) is 0.273. The molecular formula is C11H12BrN3O4S2. The fourth-order valence-corrected chi connectivity index (χ4v) is 4.89. The number of hydrogen-bond donors (Lipinski definition) is 1. The molecule has 2 rings (SSSR count). The largest absolute Gasteiger partial charge is 0.481 e. The van der Waals surface area contributed by atoms with Crippen molar-refractivity contribution in [3.8, 4) is 11.8 Å². The van der Waals surface area contributed by atoms with Crippen molar-refractivity contribution in [2.24, 2.45) is 0 Å². The first kappa shape index (κ1) is 16.0. The lowest BCUT2D eigenvalue weighted by molar-refractivity contribution is 0.373. The molecule has 10 heteroatoms. The van der Waals surface area contributed by atoms with E-state index in [4.69, 9.17) is 9.47 Å². The van der Waals surface area contributed by atoms with Crippen molar-refractivity contribution in [3.05, 3.63) is 20.8 Å². The third kappa shape index (κ3) is 3.63. The zero-order chi connectivity index (χ0) is 15.6. The summed E-state index contributed by atoms with van der Waals surface area (Å²) >= 11 is 4.59. The number of sulfonamides is 1. The van der Waals surface area contributed by atoms with Gasteiger partial charge in [-0.2, -0.15) is 9.97 Å². The van der Waals surface area contributed by atoms with E-state index in [2.05, 4.69) is 30.6 Å². The molecule has 0 aliphatic carbocycles. The average molecular weight is 394 g/mol. The molecule has 0 radical (unpaired) electrons. The summed E-state index contributed by atoms with van der Waals surface area (Å²) in [6.45, 7) is 1.72. The van der Waals surface area contributed by atoms with Crippen LogP contribution in [0.25, 0.3) is 0 Å². The Labute approximate surface area is 134 Å². The number of halogens is 1. The molecule has 2 aromatic rings. The fourth-order valence-electron chi connectivity index (χ4n) is 1.53. The van der Waals surface area contributed by atoms with Crippen LogP contribution in [0.15, 0.2) is 20.8 Å². The first-order chi connectivity index (χ1) is 9.85. The van der Waals surface area contributed by atoms with E-state index in [9.17, 15) is 8.42 Å². The second-order valence-corrected chi connectivity index (χ2v) is 8.14. The standard InChI is InChI=1S/C11H12BrN3O4S2/c1-6-7(4-8(12)20-6)21(16,17)15-11-13-9(18-2)5-10(14-11)19-3/h4-5H,1-3H3,(H,13,14,15). The molecule has 0 aliphatic rings. The van der Waals surface area contributed by atoms with E-state index in [1.807, 2.05) is 0 Å². The molecule has 0 bridgehead atoms. The van der Waals surface area contributed by atoms with Crippen LogP contribution in [0.4, 0.5) is 5.95 Å². The van der Waals surface area contributed by atoms with Crippen LogP contribution in [0.5, 0.6) is 11.8 Å². The first-order valence-corrected chi connectivity index (χ1v) is 8.71. The zero-order valence-corrected chi connectivity index (χ0v) is 14.6. The highest BCUT2D eigenvalue weighted by atomic mass is 79.9. The molecule has 0 amide bonds. The van der Waals surface area contributed by atoms with E-state index < -0.39 is 10.0 Å². The summed E-state index contributed by atoms with van der Waals surface area (Å²) in [4.78, 5) is 8.70. The molecule has 0 saturated heterocycles. The van der Waals surface area contributed by atoms with E-state index in [1.54, 1.807) is 6.92 Å². The van der Waals surface area contributed by atoms with Crippen molar-refractivity contribution in [1.82, 2.24) is 9.97 Å². The minimum atomic E-state index is -3.78. The van der Waals surface area contributed by atoms with Crippen molar-refractivity contribution in [1.29, 1.82) is 0 Å². The number of methoxy groups -OCH3 is 2. The number of nitrogens with one attached hydrogen (secondary N) is 1. The second-order valence-electron chi connectivity index (χ2n) is 3.85. The zero-order valence-electron chi connectivity index (χ0n) is 11.4. The highest BCUT2D eigenvalue weighted by molar-refractivity contribution is 9.11. The van der Waals surface area contributed by atoms with Crippen LogP contribution in [-0.2, 0) is 10.0 Å². The van der Waals surface area contributed by atoms with E-state index in [0.717, 1.165) is 3.79 Å². The minimum Gasteiger partial charge on any atom is -0.481 e. The van der Waals surface area contributed by atoms with E-state index in [1.165, 1.54) is 37.7 Å². The van der Waals surface area contributed by atoms with Gasteiger partial charge in [0.25, 0.3) is 10.0 Å². The molecule has 0 aliphatic heterocycles. The first-order valence-electron chi connectivity index (χ1n) is 5.61. The maximum Gasteiger partial charge on any atom is 0.265 e. The summed E-state index contributed by atoms with van der Waals surface area (Å²) in [7, 11) is -0.945. The van der Waals surface area contributed by atoms with Gasteiger partial charge in [-0.1, -0.05) is 0 Å². The molecule has 0 unspecified atom stereocenters. The Balaban J connectivity index is 2.39. The number of ether oxygens (including phenoxy) is 2. The van der Waals surface area contributed by atoms with Crippen LogP contribution in [0.1, 0.15) is 4.88 Å². The summed E-state index contributed by atoms with van der Waals surface area (Å²) in [5, 5.41) is 0. The van der Waals surface area contributed by atoms with Gasteiger partial charge in [-0.15, -0.1) is 11.3 Å². The SMILES string of the molecule is COc1cc(OC)nc(NS(=O)(=O)c2cc(Br)sc2C)n1. The molecule has 1 N–H and O–H groups in total. The van der Waals surface area contributed by atoms with Gasteiger partial charge in [-0.3, -0.25) is 0 Å². The molecule has 7 nitrogen and oxygen atoms in total. The van der Waals surface area contributed by atoms with Crippen LogP contribution in [0.2, 0.25) is 0 Å². The van der Waals surface area contributed by atoms with Gasteiger partial charge in [0.05, 0.1) is 24.1 Å². The van der Waals surface area contributed by atoms with Crippen molar-refractivity contribution >= 4 is 43.2 Å². The number of rotatable bonds is 5. The Hall–Kier alpha value is -1.39. The van der Waals surface area contributed by atoms with Crippen molar-refractivity contribution in [3.63, 3.8) is 0 Å². The molecule has 2 aromatic heterocycles. The van der Waals surface area contributed by atoms with Gasteiger partial charge in [-0.05, 0) is 28.9 Å². The van der Waals surface area contributed by atoms with Crippen molar-refractivity contribution < 1.29 is 17.9 Å². The van der Waals surface area contributed by atoms with Gasteiger partial charge in [-0.25, -0.2) is 13.1 Å². The lowest BCUT2D eigenvalue weighted by Crippen LogP contribution is -2.15. The highest BCUT2D eigenvalue weighted by Crippen LogP contribution is 2.30. The number of nitrogens with zero attached hydrogens (tertiary/aromatic N) is 2. The smallest absolute Gasteiger partial charge is 0.265 e. The van der Waals surface area contributed by atoms with E-state index in [-0.39, 0.29) is 22.6 Å². The number of aromatic nitrogens is 2. The second kappa shape index (κ2) is 6.16. The van der Waals surface area contributed by atoms with Crippen molar-refractivity contribution in [2.45, 2.75) is 11.8 Å². The van der Waals surface area contributed by atoms with E-state index >= 15 is 0 Å². The molecule has 0 atom stereocenters. The number of hydrogen-bond acceptors (Lipinski definition) is 7. The molecule has 0 fully saturated rings. The molecular weight excluding hydrogens is 382 g/mol. The highest BCUT2D eigenvalue weighted by Gasteiger charge is 2.21. The molecule has 0 spiro atoms. The monoisotopic (exact) mass is 393 g/mol. The Morgan fingerprint density at radius 3 is 2.19 bits per heavy atom. The van der Waals surface area contributed by atoms with Gasteiger partial charge in [0, 0.05) is 4.88 Å². The predicted molar refractivity (Wildman–Crippen MR) is 82.7 cm³/mol. The minimum absolute atomic E-state index is 0.118. The summed E-state index contributed by atoms with van der Waals surface area (Å²) in [5.74, 6) is 0.276. The lowest BCUT2D eigenvalue weighted by Gasteiger charge is -2.08. The Bertz CT molecular complexity index is 739. The van der Waals surface area contributed by atoms with Crippen LogP contribution in [-0.4, -0.2) is 32.6 Å². The van der Waals surface area contributed by atoms with Crippen molar-refractivity contribution in [2.75, 3.05) is 18.9 Å². The molecule has 0 aromatic carbocycles. The number of thiophene rings is 1. The predicted octanol–water partition coefficient (Wildman–Crippen LogP) is 2.43. The number of aryl methyl sites for hydroxylation is 1. The maximum atomic E-state index is 12.3. The summed E-state index contributed by atoms with van der Waals surface area (Å²) in [5.41, 5.74) is 0. The molecule has 2 heterocycles. The Morgan fingerprint density at radius 1 is 1.19 bits per heavy atom. The third-order valence-corrected chi connectivity index (χ3v) is 5.59. The summed E-state index contributed by atoms with van der Waals surface area (Å²) in [6.07, 6.45) is 0. The van der Waals surface area contributed by atoms with Gasteiger partial charge in [0.15, 0.2) is 0 Å². The lowest BCUT2D eigenvalue weighted by atomic mass is 10.5. The maximum absolute atomic E-state index is 12.3. The normalized spacial score (nSPS) is 11.2. The summed E-state index contributed by atoms with van der Waals surface area (Å²) < 4.78 is 37.7. The Kier molecular flexibility index (Phi) is 4.69. The quantitative estimate of drug-likeness (QED) is 0.838. The van der Waals surface area contributed by atoms with Gasteiger partial charge in [0.1, 0.15) is 4.90 Å². The van der Waals surface area contributed by atoms with Crippen LogP contribution < -0.4 is 14.2 Å². The third-order valence-electron chi connectivity index (χ3n) is 2.45. The van der Waals surface area contributed by atoms with Gasteiger partial charge >= 0.3 is 0 Å². The number of anilines is 1. The summed E-state index contributed by atoms with van der Waals surface area (Å²) in [6, 6.07) is 2.98. The van der Waals surface area contributed by atoms with Crippen LogP contribution >= 0.6 is 27.3 Å². The van der Waals surface area contributed by atoms with Crippen LogP contribution in [0.3, 0.4) is 0 Å². The Morgan fingerprint density at radius 2 is 1.76 bits per heavy atom. The molecule has 114 valence electrons. The van der Waals surface area contributed by atoms with Crippen LogP contribution in [0, 0.1) is 6.92 Å².